The Morgan fingerprint density at radius 1 is 1.35 bits per heavy atom. The molecule has 0 radical (unpaired) electrons. The lowest BCUT2D eigenvalue weighted by Crippen LogP contribution is -2.43. The van der Waals surface area contributed by atoms with Crippen molar-refractivity contribution in [2.45, 2.75) is 25.4 Å². The zero-order chi connectivity index (χ0) is 14.7. The molecule has 0 spiro atoms. The first-order chi connectivity index (χ1) is 9.49. The van der Waals surface area contributed by atoms with Gasteiger partial charge in [0.2, 0.25) is 5.91 Å². The van der Waals surface area contributed by atoms with Gasteiger partial charge in [-0.2, -0.15) is 0 Å². The van der Waals surface area contributed by atoms with Gasteiger partial charge in [0.25, 0.3) is 0 Å². The van der Waals surface area contributed by atoms with Gasteiger partial charge in [-0.1, -0.05) is 12.1 Å². The minimum atomic E-state index is -0.272. The molecule has 1 aromatic rings. The molecule has 2 rings (SSSR count). The van der Waals surface area contributed by atoms with Crippen molar-refractivity contribution in [2.24, 2.45) is 5.73 Å². The highest BCUT2D eigenvalue weighted by Crippen LogP contribution is 2.25. The van der Waals surface area contributed by atoms with Gasteiger partial charge in [0.1, 0.15) is 5.82 Å². The van der Waals surface area contributed by atoms with Crippen molar-refractivity contribution in [3.63, 3.8) is 0 Å². The Hall–Kier alpha value is -1.46. The van der Waals surface area contributed by atoms with Crippen LogP contribution in [-0.4, -0.2) is 48.4 Å². The van der Waals surface area contributed by atoms with E-state index in [1.165, 1.54) is 12.1 Å². The van der Waals surface area contributed by atoms with E-state index in [-0.39, 0.29) is 23.8 Å². The Balaban J connectivity index is 2.26. The maximum absolute atomic E-state index is 13.4. The van der Waals surface area contributed by atoms with Crippen LogP contribution >= 0.6 is 0 Å². The highest BCUT2D eigenvalue weighted by Gasteiger charge is 2.28. The summed E-state index contributed by atoms with van der Waals surface area (Å²) >= 11 is 0. The first-order valence-corrected chi connectivity index (χ1v) is 6.98. The predicted molar refractivity (Wildman–Crippen MR) is 76.6 cm³/mol. The summed E-state index contributed by atoms with van der Waals surface area (Å²) in [6, 6.07) is 6.17. The van der Waals surface area contributed by atoms with Crippen molar-refractivity contribution in [3.05, 3.63) is 35.6 Å². The Kier molecular flexibility index (Phi) is 4.73. The summed E-state index contributed by atoms with van der Waals surface area (Å²) in [5.74, 6) is -0.184. The second-order valence-corrected chi connectivity index (χ2v) is 5.50. The largest absolute Gasteiger partial charge is 0.345 e. The van der Waals surface area contributed by atoms with Gasteiger partial charge >= 0.3 is 0 Å². The SMILES string of the molecule is CC(N)C(c1cccc(F)c1)N1CCCN(C)C(=O)C1. The van der Waals surface area contributed by atoms with Crippen molar-refractivity contribution in [2.75, 3.05) is 26.7 Å². The number of hydrogen-bond donors (Lipinski definition) is 1. The van der Waals surface area contributed by atoms with Crippen LogP contribution in [0, 0.1) is 5.82 Å². The fourth-order valence-corrected chi connectivity index (χ4v) is 2.78. The number of nitrogens with zero attached hydrogens (tertiary/aromatic N) is 2. The van der Waals surface area contributed by atoms with Crippen molar-refractivity contribution in [1.82, 2.24) is 9.80 Å². The molecule has 1 aromatic carbocycles. The molecule has 0 aliphatic carbocycles. The van der Waals surface area contributed by atoms with E-state index in [4.69, 9.17) is 5.73 Å². The molecule has 2 atom stereocenters. The van der Waals surface area contributed by atoms with Crippen LogP contribution in [0.15, 0.2) is 24.3 Å². The fourth-order valence-electron chi connectivity index (χ4n) is 2.78. The van der Waals surface area contributed by atoms with E-state index in [1.807, 2.05) is 20.0 Å². The van der Waals surface area contributed by atoms with Gasteiger partial charge in [-0.05, 0) is 31.0 Å². The Morgan fingerprint density at radius 3 is 2.75 bits per heavy atom. The molecule has 1 aliphatic heterocycles. The summed E-state index contributed by atoms with van der Waals surface area (Å²) in [7, 11) is 1.81. The molecular weight excluding hydrogens is 257 g/mol. The zero-order valence-corrected chi connectivity index (χ0v) is 12.1. The molecule has 0 bridgehead atoms. The summed E-state index contributed by atoms with van der Waals surface area (Å²) in [6.07, 6.45) is 0.904. The van der Waals surface area contributed by atoms with Gasteiger partial charge in [0.05, 0.1) is 12.6 Å². The van der Waals surface area contributed by atoms with Crippen LogP contribution in [0.25, 0.3) is 0 Å². The second-order valence-electron chi connectivity index (χ2n) is 5.50. The van der Waals surface area contributed by atoms with Crippen LogP contribution in [0.1, 0.15) is 24.9 Å². The molecule has 4 nitrogen and oxygen atoms in total. The molecule has 2 N–H and O–H groups in total. The van der Waals surface area contributed by atoms with Crippen molar-refractivity contribution in [1.29, 1.82) is 0 Å². The van der Waals surface area contributed by atoms with Gasteiger partial charge in [0.15, 0.2) is 0 Å². The van der Waals surface area contributed by atoms with Gasteiger partial charge in [-0.15, -0.1) is 0 Å². The number of rotatable bonds is 3. The predicted octanol–water partition coefficient (Wildman–Crippen LogP) is 1.38. The second kappa shape index (κ2) is 6.33. The zero-order valence-electron chi connectivity index (χ0n) is 12.1. The van der Waals surface area contributed by atoms with E-state index in [1.54, 1.807) is 11.0 Å². The van der Waals surface area contributed by atoms with Crippen LogP contribution < -0.4 is 5.73 Å². The van der Waals surface area contributed by atoms with Crippen LogP contribution in [-0.2, 0) is 4.79 Å². The number of hydrogen-bond acceptors (Lipinski definition) is 3. The quantitative estimate of drug-likeness (QED) is 0.909. The summed E-state index contributed by atoms with van der Waals surface area (Å²) in [6.45, 7) is 3.77. The van der Waals surface area contributed by atoms with Crippen molar-refractivity contribution in [3.8, 4) is 0 Å². The normalized spacial score (nSPS) is 20.6. The molecule has 2 unspecified atom stereocenters. The highest BCUT2D eigenvalue weighted by atomic mass is 19.1. The molecule has 1 aliphatic rings. The van der Waals surface area contributed by atoms with E-state index < -0.39 is 0 Å². The number of carbonyl (C=O) groups is 1. The summed E-state index contributed by atoms with van der Waals surface area (Å²) < 4.78 is 13.4. The van der Waals surface area contributed by atoms with E-state index in [2.05, 4.69) is 4.90 Å². The molecule has 1 saturated heterocycles. The van der Waals surface area contributed by atoms with Gasteiger partial charge in [-0.25, -0.2) is 4.39 Å². The standard InChI is InChI=1S/C15H22FN3O/c1-11(17)15(12-5-3-6-13(16)9-12)19-8-4-7-18(2)14(20)10-19/h3,5-6,9,11,15H,4,7-8,10,17H2,1-2H3. The monoisotopic (exact) mass is 279 g/mol. The molecule has 1 fully saturated rings. The smallest absolute Gasteiger partial charge is 0.236 e. The molecular formula is C15H22FN3O. The maximum Gasteiger partial charge on any atom is 0.236 e. The van der Waals surface area contributed by atoms with Gasteiger partial charge in [0, 0.05) is 26.2 Å². The maximum atomic E-state index is 13.4. The van der Waals surface area contributed by atoms with E-state index in [0.717, 1.165) is 25.1 Å². The van der Waals surface area contributed by atoms with Gasteiger partial charge < -0.3 is 10.6 Å². The minimum absolute atomic E-state index is 0.0875. The summed E-state index contributed by atoms with van der Waals surface area (Å²) in [5.41, 5.74) is 6.92. The lowest BCUT2D eigenvalue weighted by molar-refractivity contribution is -0.130. The molecule has 5 heteroatoms. The first-order valence-electron chi connectivity index (χ1n) is 6.98. The minimum Gasteiger partial charge on any atom is -0.345 e. The summed E-state index contributed by atoms with van der Waals surface area (Å²) in [5, 5.41) is 0. The van der Waals surface area contributed by atoms with Crippen LogP contribution in [0.5, 0.6) is 0 Å². The number of carbonyl (C=O) groups excluding carboxylic acids is 1. The van der Waals surface area contributed by atoms with Crippen molar-refractivity contribution < 1.29 is 9.18 Å². The third-order valence-corrected chi connectivity index (χ3v) is 3.78. The van der Waals surface area contributed by atoms with E-state index in [9.17, 15) is 9.18 Å². The van der Waals surface area contributed by atoms with Crippen LogP contribution in [0.4, 0.5) is 4.39 Å². The molecule has 110 valence electrons. The molecule has 0 aromatic heterocycles. The first kappa shape index (κ1) is 14.9. The topological polar surface area (TPSA) is 49.6 Å². The molecule has 1 amide bonds. The van der Waals surface area contributed by atoms with Gasteiger partial charge in [-0.3, -0.25) is 9.69 Å². The third kappa shape index (κ3) is 3.35. The average molecular weight is 279 g/mol. The lowest BCUT2D eigenvalue weighted by atomic mass is 9.98. The van der Waals surface area contributed by atoms with E-state index >= 15 is 0 Å². The number of halogens is 1. The Bertz CT molecular complexity index is 478. The number of nitrogens with two attached hydrogens (primary N) is 1. The number of likely N-dealkylation sites (N-methyl/N-ethyl adjacent to an activating group) is 1. The van der Waals surface area contributed by atoms with Crippen LogP contribution in [0.3, 0.4) is 0 Å². The van der Waals surface area contributed by atoms with Crippen LogP contribution in [0.2, 0.25) is 0 Å². The average Bonchev–Trinajstić information content (AvgIpc) is 2.52. The molecule has 0 saturated carbocycles. The Labute approximate surface area is 119 Å². The highest BCUT2D eigenvalue weighted by molar-refractivity contribution is 5.78. The van der Waals surface area contributed by atoms with E-state index in [0.29, 0.717) is 6.54 Å². The molecule has 1 heterocycles. The fraction of sp³-hybridized carbons (Fsp3) is 0.533. The number of amides is 1. The third-order valence-electron chi connectivity index (χ3n) is 3.78. The van der Waals surface area contributed by atoms with Crippen molar-refractivity contribution >= 4 is 5.91 Å². The number of benzene rings is 1. The molecule has 20 heavy (non-hydrogen) atoms. The Morgan fingerprint density at radius 2 is 2.10 bits per heavy atom. The summed E-state index contributed by atoms with van der Waals surface area (Å²) in [4.78, 5) is 15.8. The lowest BCUT2D eigenvalue weighted by Gasteiger charge is -2.33.